The van der Waals surface area contributed by atoms with Crippen molar-refractivity contribution in [1.82, 2.24) is 9.88 Å². The molecule has 0 saturated carbocycles. The Kier molecular flexibility index (Phi) is 5.66. The summed E-state index contributed by atoms with van der Waals surface area (Å²) in [6.07, 6.45) is 1.40. The van der Waals surface area contributed by atoms with Crippen LogP contribution in [-0.4, -0.2) is 47.3 Å². The first-order valence-electron chi connectivity index (χ1n) is 5.24. The topological polar surface area (TPSA) is 62.7 Å². The Balaban J connectivity index is 0.00000144. The van der Waals surface area contributed by atoms with Crippen LogP contribution in [0.1, 0.15) is 17.5 Å². The van der Waals surface area contributed by atoms with Gasteiger partial charge in [-0.05, 0) is 12.1 Å². The van der Waals surface area contributed by atoms with Crippen LogP contribution in [0.2, 0.25) is 0 Å². The van der Waals surface area contributed by atoms with E-state index in [1.165, 1.54) is 6.20 Å². The first-order valence-corrected chi connectivity index (χ1v) is 5.24. The minimum absolute atomic E-state index is 0. The molecular weight excluding hydrogens is 215 g/mol. The summed E-state index contributed by atoms with van der Waals surface area (Å²) in [6, 6.07) is 3.35. The SMILES string of the molecule is O=C(O)c1ccc(CN2CCOCC2)nc1.[H-].[Li+]. The second-order valence-electron chi connectivity index (χ2n) is 3.73. The molecule has 1 aliphatic rings. The molecule has 17 heavy (non-hydrogen) atoms. The Morgan fingerprint density at radius 1 is 1.47 bits per heavy atom. The van der Waals surface area contributed by atoms with Crippen LogP contribution in [0.4, 0.5) is 0 Å². The van der Waals surface area contributed by atoms with Gasteiger partial charge in [0.2, 0.25) is 0 Å². The predicted octanol–water partition coefficient (Wildman–Crippen LogP) is -2.27. The van der Waals surface area contributed by atoms with E-state index in [-0.39, 0.29) is 25.9 Å². The van der Waals surface area contributed by atoms with Crippen molar-refractivity contribution in [2.24, 2.45) is 0 Å². The van der Waals surface area contributed by atoms with Gasteiger partial charge in [0.25, 0.3) is 0 Å². The van der Waals surface area contributed by atoms with Gasteiger partial charge in [-0.15, -0.1) is 0 Å². The number of carbonyl (C=O) groups is 1. The third-order valence-electron chi connectivity index (χ3n) is 2.56. The van der Waals surface area contributed by atoms with E-state index in [1.54, 1.807) is 12.1 Å². The molecule has 1 aliphatic heterocycles. The molecule has 1 N–H and O–H groups in total. The van der Waals surface area contributed by atoms with E-state index in [2.05, 4.69) is 9.88 Å². The van der Waals surface area contributed by atoms with E-state index in [9.17, 15) is 4.79 Å². The summed E-state index contributed by atoms with van der Waals surface area (Å²) in [6.45, 7) is 4.08. The summed E-state index contributed by atoms with van der Waals surface area (Å²) in [5.74, 6) is -0.939. The van der Waals surface area contributed by atoms with Crippen LogP contribution in [0, 0.1) is 0 Å². The second-order valence-corrected chi connectivity index (χ2v) is 3.73. The Morgan fingerprint density at radius 2 is 2.18 bits per heavy atom. The van der Waals surface area contributed by atoms with Gasteiger partial charge in [-0.25, -0.2) is 4.79 Å². The third-order valence-corrected chi connectivity index (χ3v) is 2.56. The number of carboxylic acid groups (broad SMARTS) is 1. The van der Waals surface area contributed by atoms with Gasteiger partial charge in [-0.3, -0.25) is 9.88 Å². The summed E-state index contributed by atoms with van der Waals surface area (Å²) in [5, 5.41) is 8.73. The summed E-state index contributed by atoms with van der Waals surface area (Å²) < 4.78 is 5.25. The molecule has 88 valence electrons. The molecule has 0 radical (unpaired) electrons. The van der Waals surface area contributed by atoms with E-state index >= 15 is 0 Å². The fraction of sp³-hybridized carbons (Fsp3) is 0.455. The number of aromatic carboxylic acids is 1. The minimum atomic E-state index is -0.939. The summed E-state index contributed by atoms with van der Waals surface area (Å²) >= 11 is 0. The zero-order valence-corrected chi connectivity index (χ0v) is 9.93. The molecule has 0 unspecified atom stereocenters. The Labute approximate surface area is 113 Å². The first-order chi connectivity index (χ1) is 7.75. The molecule has 2 rings (SSSR count). The standard InChI is InChI=1S/C11H14N2O3.Li.H/c14-11(15)9-1-2-10(12-7-9)8-13-3-5-16-6-4-13;;/h1-2,7H,3-6,8H2,(H,14,15);;/q;+1;-1. The molecule has 1 fully saturated rings. The molecule has 0 aromatic carbocycles. The van der Waals surface area contributed by atoms with E-state index in [1.807, 2.05) is 0 Å². The molecular formula is C11H15LiN2O3. The van der Waals surface area contributed by atoms with Crippen molar-refractivity contribution in [2.75, 3.05) is 26.3 Å². The van der Waals surface area contributed by atoms with Crippen LogP contribution in [0.15, 0.2) is 18.3 Å². The third kappa shape index (κ3) is 4.13. The maximum absolute atomic E-state index is 10.6. The Bertz CT molecular complexity index is 369. The van der Waals surface area contributed by atoms with Crippen LogP contribution in [0.5, 0.6) is 0 Å². The summed E-state index contributed by atoms with van der Waals surface area (Å²) in [4.78, 5) is 17.0. The fourth-order valence-electron chi connectivity index (χ4n) is 1.63. The number of pyridine rings is 1. The van der Waals surface area contributed by atoms with E-state index < -0.39 is 5.97 Å². The van der Waals surface area contributed by atoms with Crippen molar-refractivity contribution < 1.29 is 34.9 Å². The van der Waals surface area contributed by atoms with Crippen LogP contribution in [0.3, 0.4) is 0 Å². The maximum atomic E-state index is 10.6. The molecule has 1 saturated heterocycles. The molecule has 5 nitrogen and oxygen atoms in total. The number of aromatic nitrogens is 1. The smallest absolute Gasteiger partial charge is 1.00 e. The van der Waals surface area contributed by atoms with Crippen molar-refractivity contribution in [3.8, 4) is 0 Å². The molecule has 0 amide bonds. The van der Waals surface area contributed by atoms with Crippen LogP contribution in [0.25, 0.3) is 0 Å². The summed E-state index contributed by atoms with van der Waals surface area (Å²) in [5.41, 5.74) is 1.12. The monoisotopic (exact) mass is 230 g/mol. The van der Waals surface area contributed by atoms with Gasteiger partial charge >= 0.3 is 24.8 Å². The Morgan fingerprint density at radius 3 is 2.71 bits per heavy atom. The number of morpholine rings is 1. The van der Waals surface area contributed by atoms with Crippen molar-refractivity contribution in [2.45, 2.75) is 6.54 Å². The molecule has 0 spiro atoms. The number of hydrogen-bond acceptors (Lipinski definition) is 4. The van der Waals surface area contributed by atoms with Gasteiger partial charge in [-0.1, -0.05) is 0 Å². The van der Waals surface area contributed by atoms with Gasteiger partial charge in [0.15, 0.2) is 0 Å². The quantitative estimate of drug-likeness (QED) is 0.593. The normalized spacial score (nSPS) is 16.2. The zero-order chi connectivity index (χ0) is 11.4. The van der Waals surface area contributed by atoms with Gasteiger partial charge < -0.3 is 11.3 Å². The van der Waals surface area contributed by atoms with E-state index in [0.717, 1.165) is 38.5 Å². The molecule has 0 atom stereocenters. The molecule has 1 aromatic rings. The predicted molar refractivity (Wildman–Crippen MR) is 58.4 cm³/mol. The fourth-order valence-corrected chi connectivity index (χ4v) is 1.63. The first kappa shape index (κ1) is 14.2. The Hall–Kier alpha value is -0.863. The summed E-state index contributed by atoms with van der Waals surface area (Å²) in [7, 11) is 0. The van der Waals surface area contributed by atoms with Gasteiger partial charge in [0, 0.05) is 25.8 Å². The molecule has 1 aromatic heterocycles. The molecule has 6 heteroatoms. The van der Waals surface area contributed by atoms with Crippen molar-refractivity contribution >= 4 is 5.97 Å². The average molecular weight is 230 g/mol. The van der Waals surface area contributed by atoms with E-state index in [0.29, 0.717) is 0 Å². The largest absolute Gasteiger partial charge is 1.00 e. The molecule has 2 heterocycles. The average Bonchev–Trinajstić information content (AvgIpc) is 2.31. The van der Waals surface area contributed by atoms with Crippen LogP contribution >= 0.6 is 0 Å². The van der Waals surface area contributed by atoms with Crippen molar-refractivity contribution in [3.05, 3.63) is 29.6 Å². The van der Waals surface area contributed by atoms with Crippen LogP contribution < -0.4 is 18.9 Å². The van der Waals surface area contributed by atoms with Gasteiger partial charge in [0.05, 0.1) is 24.5 Å². The number of hydrogen-bond donors (Lipinski definition) is 1. The van der Waals surface area contributed by atoms with E-state index in [4.69, 9.17) is 9.84 Å². The van der Waals surface area contributed by atoms with Crippen molar-refractivity contribution in [1.29, 1.82) is 0 Å². The van der Waals surface area contributed by atoms with Gasteiger partial charge in [0.1, 0.15) is 0 Å². The second kappa shape index (κ2) is 6.77. The minimum Gasteiger partial charge on any atom is -1.00 e. The number of nitrogens with zero attached hydrogens (tertiary/aromatic N) is 2. The molecule has 0 aliphatic carbocycles. The number of rotatable bonds is 3. The van der Waals surface area contributed by atoms with Crippen LogP contribution in [-0.2, 0) is 11.3 Å². The van der Waals surface area contributed by atoms with Crippen molar-refractivity contribution in [3.63, 3.8) is 0 Å². The number of ether oxygens (including phenoxy) is 1. The maximum Gasteiger partial charge on any atom is 1.00 e. The zero-order valence-electron chi connectivity index (χ0n) is 10.9. The number of carboxylic acids is 1. The van der Waals surface area contributed by atoms with Gasteiger partial charge in [-0.2, -0.15) is 0 Å². The molecule has 0 bridgehead atoms.